The first-order valence-electron chi connectivity index (χ1n) is 9.03. The van der Waals surface area contributed by atoms with Crippen molar-refractivity contribution in [2.45, 2.75) is 51.1 Å². The van der Waals surface area contributed by atoms with Gasteiger partial charge < -0.3 is 20.7 Å². The number of guanidine groups is 1. The molecule has 6 nitrogen and oxygen atoms in total. The van der Waals surface area contributed by atoms with Crippen molar-refractivity contribution < 1.29 is 9.53 Å². The molecule has 0 heterocycles. The molecular weight excluding hydrogens is 443 g/mol. The number of halogens is 1. The average molecular weight is 474 g/mol. The molecule has 1 aliphatic rings. The number of nitrogens with two attached hydrogens (primary N) is 1. The van der Waals surface area contributed by atoms with E-state index in [0.29, 0.717) is 24.3 Å². The Balaban J connectivity index is 0.00000338. The van der Waals surface area contributed by atoms with E-state index in [1.165, 1.54) is 43.4 Å². The highest BCUT2D eigenvalue weighted by molar-refractivity contribution is 14.0. The lowest BCUT2D eigenvalue weighted by atomic mass is 10.1. The number of ether oxygens (including phenoxy) is 1. The topological polar surface area (TPSA) is 80.0 Å². The van der Waals surface area contributed by atoms with E-state index in [1.807, 2.05) is 24.3 Å². The Morgan fingerprint density at radius 2 is 1.96 bits per heavy atom. The number of hydrogen-bond donors (Lipinski definition) is 2. The molecule has 2 rings (SSSR count). The Morgan fingerprint density at radius 3 is 2.62 bits per heavy atom. The van der Waals surface area contributed by atoms with Crippen molar-refractivity contribution in [1.82, 2.24) is 10.2 Å². The summed E-state index contributed by atoms with van der Waals surface area (Å²) in [5.74, 6) is 1.10. The molecule has 1 aromatic carbocycles. The van der Waals surface area contributed by atoms with Crippen LogP contribution in [0.2, 0.25) is 0 Å². The van der Waals surface area contributed by atoms with Crippen LogP contribution in [0.25, 0.3) is 0 Å². The van der Waals surface area contributed by atoms with Gasteiger partial charge in [-0.15, -0.1) is 24.0 Å². The lowest BCUT2D eigenvalue weighted by Crippen LogP contribution is -2.39. The molecule has 0 bridgehead atoms. The van der Waals surface area contributed by atoms with E-state index in [9.17, 15) is 4.79 Å². The van der Waals surface area contributed by atoms with E-state index >= 15 is 0 Å². The summed E-state index contributed by atoms with van der Waals surface area (Å²) in [5.41, 5.74) is 7.03. The van der Waals surface area contributed by atoms with Crippen molar-refractivity contribution in [3.05, 3.63) is 29.8 Å². The third-order valence-electron chi connectivity index (χ3n) is 4.40. The molecule has 0 spiro atoms. The third kappa shape index (κ3) is 8.25. The van der Waals surface area contributed by atoms with Crippen LogP contribution in [0.4, 0.5) is 0 Å². The summed E-state index contributed by atoms with van der Waals surface area (Å²) in [5, 5.41) is 3.34. The average Bonchev–Trinajstić information content (AvgIpc) is 2.87. The Hall–Kier alpha value is -1.51. The lowest BCUT2D eigenvalue weighted by molar-refractivity contribution is -0.130. The minimum absolute atomic E-state index is 0. The summed E-state index contributed by atoms with van der Waals surface area (Å²) < 4.78 is 5.53. The second kappa shape index (κ2) is 12.0. The summed E-state index contributed by atoms with van der Waals surface area (Å²) in [6.07, 6.45) is 7.49. The predicted octanol–water partition coefficient (Wildman–Crippen LogP) is 2.90. The molecule has 146 valence electrons. The van der Waals surface area contributed by atoms with E-state index in [1.54, 1.807) is 14.1 Å². The van der Waals surface area contributed by atoms with Gasteiger partial charge in [0.25, 0.3) is 5.91 Å². The normalized spacial score (nSPS) is 15.5. The van der Waals surface area contributed by atoms with E-state index in [4.69, 9.17) is 10.5 Å². The number of amides is 1. The van der Waals surface area contributed by atoms with Crippen molar-refractivity contribution in [1.29, 1.82) is 0 Å². The first kappa shape index (κ1) is 22.5. The van der Waals surface area contributed by atoms with Crippen molar-refractivity contribution >= 4 is 35.8 Å². The van der Waals surface area contributed by atoms with Gasteiger partial charge in [-0.05, 0) is 30.5 Å². The summed E-state index contributed by atoms with van der Waals surface area (Å²) in [4.78, 5) is 17.5. The van der Waals surface area contributed by atoms with Crippen LogP contribution < -0.4 is 15.8 Å². The Bertz CT molecular complexity index is 585. The maximum Gasteiger partial charge on any atom is 0.259 e. The highest BCUT2D eigenvalue weighted by Crippen LogP contribution is 2.17. The summed E-state index contributed by atoms with van der Waals surface area (Å²) in [7, 11) is 3.42. The highest BCUT2D eigenvalue weighted by Gasteiger charge is 2.12. The van der Waals surface area contributed by atoms with Gasteiger partial charge in [0, 0.05) is 20.1 Å². The van der Waals surface area contributed by atoms with Gasteiger partial charge in [-0.1, -0.05) is 37.8 Å². The quantitative estimate of drug-likeness (QED) is 0.288. The maximum atomic E-state index is 11.6. The van der Waals surface area contributed by atoms with Gasteiger partial charge in [0.05, 0.1) is 6.54 Å². The van der Waals surface area contributed by atoms with Crippen LogP contribution in [0.3, 0.4) is 0 Å². The van der Waals surface area contributed by atoms with Crippen LogP contribution in [-0.4, -0.2) is 43.5 Å². The number of rotatable bonds is 6. The highest BCUT2D eigenvalue weighted by atomic mass is 127. The smallest absolute Gasteiger partial charge is 0.259 e. The van der Waals surface area contributed by atoms with Crippen LogP contribution in [0.15, 0.2) is 29.3 Å². The second-order valence-corrected chi connectivity index (χ2v) is 6.76. The monoisotopic (exact) mass is 474 g/mol. The minimum atomic E-state index is -0.0692. The van der Waals surface area contributed by atoms with Crippen molar-refractivity contribution in [3.8, 4) is 5.75 Å². The second-order valence-electron chi connectivity index (χ2n) is 6.76. The third-order valence-corrected chi connectivity index (χ3v) is 4.40. The summed E-state index contributed by atoms with van der Waals surface area (Å²) in [6, 6.07) is 8.05. The molecule has 1 amide bonds. The zero-order chi connectivity index (χ0) is 18.1. The fraction of sp³-hybridized carbons (Fsp3) is 0.579. The van der Waals surface area contributed by atoms with Crippen molar-refractivity contribution in [2.24, 2.45) is 10.7 Å². The van der Waals surface area contributed by atoms with Gasteiger partial charge in [-0.25, -0.2) is 4.99 Å². The fourth-order valence-corrected chi connectivity index (χ4v) is 2.86. The molecule has 26 heavy (non-hydrogen) atoms. The first-order valence-corrected chi connectivity index (χ1v) is 9.03. The van der Waals surface area contributed by atoms with Gasteiger partial charge in [0.2, 0.25) is 0 Å². The standard InChI is InChI=1S/C19H30N4O2.HI/c1-23(2)18(24)14-25-17-11-7-8-15(12-17)13-21-19(20)22-16-9-5-3-4-6-10-16;/h7-8,11-12,16H,3-6,9-10,13-14H2,1-2H3,(H3,20,21,22);1H. The minimum Gasteiger partial charge on any atom is -0.484 e. The summed E-state index contributed by atoms with van der Waals surface area (Å²) in [6.45, 7) is 0.523. The first-order chi connectivity index (χ1) is 12.0. The molecule has 1 fully saturated rings. The SMILES string of the molecule is CN(C)C(=O)COc1cccc(CN=C(N)NC2CCCCCC2)c1.I. The Kier molecular flexibility index (Phi) is 10.4. The van der Waals surface area contributed by atoms with Crippen LogP contribution in [-0.2, 0) is 11.3 Å². The number of nitrogens with zero attached hydrogens (tertiary/aromatic N) is 2. The molecule has 1 saturated carbocycles. The molecule has 3 N–H and O–H groups in total. The van der Waals surface area contributed by atoms with Gasteiger partial charge in [0.1, 0.15) is 5.75 Å². The van der Waals surface area contributed by atoms with Crippen LogP contribution in [0, 0.1) is 0 Å². The Labute approximate surface area is 173 Å². The van der Waals surface area contributed by atoms with Crippen LogP contribution in [0.1, 0.15) is 44.1 Å². The number of aliphatic imine (C=N–C) groups is 1. The number of benzene rings is 1. The summed E-state index contributed by atoms with van der Waals surface area (Å²) >= 11 is 0. The lowest BCUT2D eigenvalue weighted by Gasteiger charge is -2.16. The molecule has 7 heteroatoms. The zero-order valence-electron chi connectivity index (χ0n) is 15.7. The van der Waals surface area contributed by atoms with E-state index < -0.39 is 0 Å². The largest absolute Gasteiger partial charge is 0.484 e. The number of carbonyl (C=O) groups is 1. The van der Waals surface area contributed by atoms with E-state index in [2.05, 4.69) is 10.3 Å². The molecule has 0 aromatic heterocycles. The van der Waals surface area contributed by atoms with E-state index in [-0.39, 0.29) is 36.5 Å². The molecule has 1 aliphatic carbocycles. The molecule has 0 saturated heterocycles. The zero-order valence-corrected chi connectivity index (χ0v) is 18.1. The van der Waals surface area contributed by atoms with Crippen LogP contribution >= 0.6 is 24.0 Å². The van der Waals surface area contributed by atoms with Gasteiger partial charge in [-0.3, -0.25) is 4.79 Å². The Morgan fingerprint density at radius 1 is 1.27 bits per heavy atom. The molecule has 0 aliphatic heterocycles. The molecule has 0 atom stereocenters. The van der Waals surface area contributed by atoms with Gasteiger partial charge in [-0.2, -0.15) is 0 Å². The predicted molar refractivity (Wildman–Crippen MR) is 116 cm³/mol. The van der Waals surface area contributed by atoms with Crippen molar-refractivity contribution in [3.63, 3.8) is 0 Å². The molecule has 1 aromatic rings. The van der Waals surface area contributed by atoms with Crippen LogP contribution in [0.5, 0.6) is 5.75 Å². The van der Waals surface area contributed by atoms with Crippen molar-refractivity contribution in [2.75, 3.05) is 20.7 Å². The number of nitrogens with one attached hydrogen (secondary N) is 1. The molecule has 0 unspecified atom stereocenters. The molecular formula is C19H31IN4O2. The maximum absolute atomic E-state index is 11.6. The van der Waals surface area contributed by atoms with Gasteiger partial charge in [0.15, 0.2) is 12.6 Å². The number of hydrogen-bond acceptors (Lipinski definition) is 3. The fourth-order valence-electron chi connectivity index (χ4n) is 2.86. The van der Waals surface area contributed by atoms with Gasteiger partial charge >= 0.3 is 0 Å². The van der Waals surface area contributed by atoms with E-state index in [0.717, 1.165) is 5.56 Å². The number of carbonyl (C=O) groups excluding carboxylic acids is 1. The molecule has 0 radical (unpaired) electrons. The number of likely N-dealkylation sites (N-methyl/N-ethyl adjacent to an activating group) is 1.